The van der Waals surface area contributed by atoms with Crippen LogP contribution in [0.1, 0.15) is 24.1 Å². The lowest BCUT2D eigenvalue weighted by Gasteiger charge is -2.20. The molecule has 0 spiro atoms. The van der Waals surface area contributed by atoms with E-state index in [4.69, 9.17) is 9.47 Å². The Balaban J connectivity index is 1.33. The van der Waals surface area contributed by atoms with Crippen molar-refractivity contribution in [3.05, 3.63) is 71.8 Å². The molecular formula is C27H24F4N4O3. The molecular weight excluding hydrogens is 504 g/mol. The molecule has 7 nitrogen and oxygen atoms in total. The topological polar surface area (TPSA) is 78.3 Å². The molecule has 0 saturated carbocycles. The maximum atomic E-state index is 14.2. The smallest absolute Gasteiger partial charge is 0.416 e. The summed E-state index contributed by atoms with van der Waals surface area (Å²) in [6.45, 7) is 1.18. The van der Waals surface area contributed by atoms with Crippen LogP contribution in [-0.2, 0) is 29.2 Å². The molecule has 3 heterocycles. The van der Waals surface area contributed by atoms with Crippen LogP contribution < -0.4 is 10.1 Å². The van der Waals surface area contributed by atoms with Crippen LogP contribution in [0.25, 0.3) is 11.0 Å². The molecule has 4 aromatic rings. The quantitative estimate of drug-likeness (QED) is 0.288. The van der Waals surface area contributed by atoms with Gasteiger partial charge in [-0.2, -0.15) is 13.2 Å². The van der Waals surface area contributed by atoms with Crippen LogP contribution in [0.5, 0.6) is 11.5 Å². The lowest BCUT2D eigenvalue weighted by atomic mass is 9.92. The van der Waals surface area contributed by atoms with E-state index in [-0.39, 0.29) is 29.8 Å². The molecule has 2 aromatic heterocycles. The highest BCUT2D eigenvalue weighted by atomic mass is 19.4. The zero-order chi connectivity index (χ0) is 26.9. The summed E-state index contributed by atoms with van der Waals surface area (Å²) in [5.74, 6) is 0.389. The Kier molecular flexibility index (Phi) is 7.02. The first-order chi connectivity index (χ1) is 18.2. The average molecular weight is 529 g/mol. The number of carbonyl (C=O) groups is 1. The molecule has 2 aromatic carbocycles. The summed E-state index contributed by atoms with van der Waals surface area (Å²) < 4.78 is 66.3. The Morgan fingerprint density at radius 3 is 2.63 bits per heavy atom. The lowest BCUT2D eigenvalue weighted by Crippen LogP contribution is -2.24. The number of nitrogens with zero attached hydrogens (tertiary/aromatic N) is 3. The van der Waals surface area contributed by atoms with Gasteiger partial charge in [0, 0.05) is 50.9 Å². The van der Waals surface area contributed by atoms with E-state index in [1.165, 1.54) is 0 Å². The number of pyridine rings is 1. The van der Waals surface area contributed by atoms with Crippen molar-refractivity contribution >= 4 is 28.5 Å². The third-order valence-corrected chi connectivity index (χ3v) is 6.45. The van der Waals surface area contributed by atoms with Gasteiger partial charge in [-0.1, -0.05) is 0 Å². The SMILES string of the molecule is Cn1c(Nc2cc(C(F)(F)F)ccc2F)nc2cc(Oc3ccnc(CC(=O)C4CCOCC4)c3)ccc21. The van der Waals surface area contributed by atoms with E-state index in [1.54, 1.807) is 48.1 Å². The number of fused-ring (bicyclic) bond motifs is 1. The van der Waals surface area contributed by atoms with E-state index in [9.17, 15) is 22.4 Å². The molecule has 1 aliphatic heterocycles. The van der Waals surface area contributed by atoms with E-state index in [0.717, 1.165) is 18.9 Å². The number of aryl methyl sites for hydroxylation is 1. The Morgan fingerprint density at radius 2 is 1.87 bits per heavy atom. The number of hydrogen-bond acceptors (Lipinski definition) is 6. The number of halogens is 4. The molecule has 198 valence electrons. The molecule has 0 aliphatic carbocycles. The number of anilines is 2. The molecule has 5 rings (SSSR count). The number of imidazole rings is 1. The van der Waals surface area contributed by atoms with Gasteiger partial charge in [0.05, 0.1) is 28.0 Å². The van der Waals surface area contributed by atoms with Crippen LogP contribution in [0.3, 0.4) is 0 Å². The fraction of sp³-hybridized carbons (Fsp3) is 0.296. The number of hydrogen-bond donors (Lipinski definition) is 1. The maximum absolute atomic E-state index is 14.2. The average Bonchev–Trinajstić information content (AvgIpc) is 3.19. The van der Waals surface area contributed by atoms with Gasteiger partial charge in [-0.05, 0) is 49.2 Å². The molecule has 0 amide bonds. The van der Waals surface area contributed by atoms with Gasteiger partial charge in [-0.15, -0.1) is 0 Å². The first-order valence-electron chi connectivity index (χ1n) is 12.0. The summed E-state index contributed by atoms with van der Waals surface area (Å²) in [6.07, 6.45) is -1.38. The second-order valence-corrected chi connectivity index (χ2v) is 9.08. The Bertz CT molecular complexity index is 1480. The van der Waals surface area contributed by atoms with Gasteiger partial charge in [0.1, 0.15) is 23.1 Å². The van der Waals surface area contributed by atoms with Crippen molar-refractivity contribution in [2.75, 3.05) is 18.5 Å². The molecule has 38 heavy (non-hydrogen) atoms. The van der Waals surface area contributed by atoms with Crippen molar-refractivity contribution in [3.8, 4) is 11.5 Å². The molecule has 11 heteroatoms. The fourth-order valence-corrected chi connectivity index (χ4v) is 4.37. The zero-order valence-corrected chi connectivity index (χ0v) is 20.4. The maximum Gasteiger partial charge on any atom is 0.416 e. The molecule has 1 fully saturated rings. The van der Waals surface area contributed by atoms with Crippen molar-refractivity contribution in [1.82, 2.24) is 14.5 Å². The van der Waals surface area contributed by atoms with Crippen LogP contribution in [0, 0.1) is 11.7 Å². The van der Waals surface area contributed by atoms with Gasteiger partial charge in [0.2, 0.25) is 5.95 Å². The minimum Gasteiger partial charge on any atom is -0.457 e. The molecule has 1 aliphatic rings. The second-order valence-electron chi connectivity index (χ2n) is 9.08. The van der Waals surface area contributed by atoms with E-state index in [0.29, 0.717) is 53.6 Å². The first-order valence-corrected chi connectivity index (χ1v) is 12.0. The van der Waals surface area contributed by atoms with Gasteiger partial charge < -0.3 is 19.4 Å². The molecule has 1 saturated heterocycles. The summed E-state index contributed by atoms with van der Waals surface area (Å²) >= 11 is 0. The Labute approximate surface area is 215 Å². The largest absolute Gasteiger partial charge is 0.457 e. The van der Waals surface area contributed by atoms with Crippen molar-refractivity contribution in [2.24, 2.45) is 13.0 Å². The van der Waals surface area contributed by atoms with Crippen molar-refractivity contribution in [2.45, 2.75) is 25.4 Å². The molecule has 0 unspecified atom stereocenters. The number of ether oxygens (including phenoxy) is 2. The molecule has 0 atom stereocenters. The van der Waals surface area contributed by atoms with E-state index in [1.807, 2.05) is 0 Å². The van der Waals surface area contributed by atoms with Crippen LogP contribution in [0.4, 0.5) is 29.2 Å². The number of benzene rings is 2. The molecule has 0 bridgehead atoms. The number of ketones is 1. The van der Waals surface area contributed by atoms with Crippen LogP contribution in [0.2, 0.25) is 0 Å². The number of Topliss-reactive ketones (excluding diaryl/α,β-unsaturated/α-hetero) is 1. The highest BCUT2D eigenvalue weighted by Crippen LogP contribution is 2.34. The van der Waals surface area contributed by atoms with Gasteiger partial charge in [-0.3, -0.25) is 9.78 Å². The van der Waals surface area contributed by atoms with Gasteiger partial charge >= 0.3 is 6.18 Å². The monoisotopic (exact) mass is 528 g/mol. The van der Waals surface area contributed by atoms with E-state index in [2.05, 4.69) is 15.3 Å². The van der Waals surface area contributed by atoms with Crippen molar-refractivity contribution in [3.63, 3.8) is 0 Å². The summed E-state index contributed by atoms with van der Waals surface area (Å²) in [4.78, 5) is 21.3. The van der Waals surface area contributed by atoms with E-state index >= 15 is 0 Å². The lowest BCUT2D eigenvalue weighted by molar-refractivity contribution is -0.137. The molecule has 1 N–H and O–H groups in total. The van der Waals surface area contributed by atoms with Crippen molar-refractivity contribution in [1.29, 1.82) is 0 Å². The number of carbonyl (C=O) groups excluding carboxylic acids is 1. The van der Waals surface area contributed by atoms with Gasteiger partial charge in [0.15, 0.2) is 0 Å². The van der Waals surface area contributed by atoms with Crippen molar-refractivity contribution < 1.29 is 31.8 Å². The fourth-order valence-electron chi connectivity index (χ4n) is 4.37. The Morgan fingerprint density at radius 1 is 1.11 bits per heavy atom. The standard InChI is InChI=1S/C27H24F4N4O3/c1-35-24-5-3-19(38-20-6-9-32-18(13-20)14-25(36)16-7-10-37-11-8-16)15-23(24)34-26(35)33-22-12-17(27(29,30)31)2-4-21(22)28/h2-6,9,12-13,15-16H,7-8,10-11,14H2,1H3,(H,33,34). The molecule has 0 radical (unpaired) electrons. The zero-order valence-electron chi connectivity index (χ0n) is 20.4. The minimum absolute atomic E-state index is 0.0195. The normalized spacial score (nSPS) is 14.6. The van der Waals surface area contributed by atoms with E-state index < -0.39 is 17.6 Å². The minimum atomic E-state index is -4.60. The predicted octanol–water partition coefficient (Wildman–Crippen LogP) is 6.20. The van der Waals surface area contributed by atoms with Crippen LogP contribution >= 0.6 is 0 Å². The predicted molar refractivity (Wildman–Crippen MR) is 132 cm³/mol. The van der Waals surface area contributed by atoms with Gasteiger partial charge in [-0.25, -0.2) is 9.37 Å². The number of rotatable bonds is 7. The summed E-state index contributed by atoms with van der Waals surface area (Å²) in [5.41, 5.74) is 0.442. The third-order valence-electron chi connectivity index (χ3n) is 6.45. The number of aromatic nitrogens is 3. The highest BCUT2D eigenvalue weighted by molar-refractivity contribution is 5.83. The van der Waals surface area contributed by atoms with Gasteiger partial charge in [0.25, 0.3) is 0 Å². The summed E-state index contributed by atoms with van der Waals surface area (Å²) in [6, 6.07) is 10.7. The second kappa shape index (κ2) is 10.4. The first kappa shape index (κ1) is 25.7. The number of nitrogens with one attached hydrogen (secondary N) is 1. The summed E-state index contributed by atoms with van der Waals surface area (Å²) in [7, 11) is 1.66. The van der Waals surface area contributed by atoms with Crippen LogP contribution in [-0.4, -0.2) is 33.5 Å². The third kappa shape index (κ3) is 5.62. The Hall–Kier alpha value is -3.99. The van der Waals surface area contributed by atoms with Crippen LogP contribution in [0.15, 0.2) is 54.7 Å². The highest BCUT2D eigenvalue weighted by Gasteiger charge is 2.31. The number of alkyl halides is 3. The summed E-state index contributed by atoms with van der Waals surface area (Å²) in [5, 5.41) is 2.65.